The average Bonchev–Trinajstić information content (AvgIpc) is 3.13. The Kier molecular flexibility index (Phi) is 4.32. The van der Waals surface area contributed by atoms with E-state index in [2.05, 4.69) is 17.4 Å². The van der Waals surface area contributed by atoms with Crippen LogP contribution in [0.4, 0.5) is 0 Å². The summed E-state index contributed by atoms with van der Waals surface area (Å²) in [6.45, 7) is 0. The van der Waals surface area contributed by atoms with E-state index >= 15 is 0 Å². The van der Waals surface area contributed by atoms with Crippen LogP contribution in [-0.2, 0) is 4.79 Å². The first kappa shape index (κ1) is 18.0. The molecule has 3 nitrogen and oxygen atoms in total. The van der Waals surface area contributed by atoms with Gasteiger partial charge in [0.05, 0.1) is 11.6 Å². The van der Waals surface area contributed by atoms with Gasteiger partial charge in [0, 0.05) is 16.7 Å². The number of nitrogens with one attached hydrogen (secondary N) is 1. The molecule has 0 aromatic heterocycles. The van der Waals surface area contributed by atoms with Crippen molar-refractivity contribution in [3.05, 3.63) is 35.9 Å². The van der Waals surface area contributed by atoms with E-state index in [1.807, 2.05) is 18.2 Å². The molecule has 146 valence electrons. The molecule has 5 fully saturated rings. The number of alkyl halides is 1. The van der Waals surface area contributed by atoms with Gasteiger partial charge in [-0.15, -0.1) is 11.6 Å². The molecule has 6 rings (SSSR count). The zero-order chi connectivity index (χ0) is 18.6. The summed E-state index contributed by atoms with van der Waals surface area (Å²) in [5.41, 5.74) is 0.369. The van der Waals surface area contributed by atoms with Gasteiger partial charge in [-0.25, -0.2) is 0 Å². The van der Waals surface area contributed by atoms with E-state index in [9.17, 15) is 9.90 Å². The zero-order valence-corrected chi connectivity index (χ0v) is 16.6. The summed E-state index contributed by atoms with van der Waals surface area (Å²) < 4.78 is 0. The summed E-state index contributed by atoms with van der Waals surface area (Å²) >= 11 is 6.90. The highest BCUT2D eigenvalue weighted by atomic mass is 35.5. The largest absolute Gasteiger partial charge is 0.389 e. The molecule has 0 saturated heterocycles. The van der Waals surface area contributed by atoms with Crippen LogP contribution in [0.3, 0.4) is 0 Å². The van der Waals surface area contributed by atoms with Crippen molar-refractivity contribution in [1.82, 2.24) is 5.32 Å². The minimum atomic E-state index is -0.755. The van der Waals surface area contributed by atoms with Crippen molar-refractivity contribution in [2.24, 2.45) is 23.7 Å². The van der Waals surface area contributed by atoms with Crippen molar-refractivity contribution in [3.8, 4) is 0 Å². The van der Waals surface area contributed by atoms with Gasteiger partial charge in [0.1, 0.15) is 0 Å². The Bertz CT molecular complexity index is 718. The number of amides is 1. The van der Waals surface area contributed by atoms with Gasteiger partial charge in [0.2, 0.25) is 5.91 Å². The Morgan fingerprint density at radius 1 is 1.15 bits per heavy atom. The van der Waals surface area contributed by atoms with Gasteiger partial charge < -0.3 is 10.4 Å². The lowest BCUT2D eigenvalue weighted by Gasteiger charge is -2.63. The Morgan fingerprint density at radius 3 is 2.56 bits per heavy atom. The first-order chi connectivity index (χ1) is 13.0. The molecule has 1 aromatic rings. The zero-order valence-electron chi connectivity index (χ0n) is 15.9. The molecule has 1 amide bonds. The second-order valence-electron chi connectivity index (χ2n) is 9.81. The van der Waals surface area contributed by atoms with Gasteiger partial charge >= 0.3 is 0 Å². The first-order valence-corrected chi connectivity index (χ1v) is 11.1. The molecule has 0 spiro atoms. The summed E-state index contributed by atoms with van der Waals surface area (Å²) in [5, 5.41) is 15.1. The maximum absolute atomic E-state index is 13.0. The van der Waals surface area contributed by atoms with Crippen LogP contribution in [0.5, 0.6) is 0 Å². The Morgan fingerprint density at radius 2 is 1.89 bits per heavy atom. The normalized spacial score (nSPS) is 41.6. The van der Waals surface area contributed by atoms with Crippen LogP contribution in [0, 0.1) is 23.7 Å². The second kappa shape index (κ2) is 6.49. The van der Waals surface area contributed by atoms with E-state index in [0.29, 0.717) is 18.3 Å². The molecule has 0 heterocycles. The van der Waals surface area contributed by atoms with Crippen LogP contribution in [-0.4, -0.2) is 21.5 Å². The van der Waals surface area contributed by atoms with Crippen LogP contribution in [0.15, 0.2) is 30.3 Å². The highest BCUT2D eigenvalue weighted by Gasteiger charge is 2.63. The van der Waals surface area contributed by atoms with E-state index < -0.39 is 5.60 Å². The smallest absolute Gasteiger partial charge is 0.223 e. The van der Waals surface area contributed by atoms with Gasteiger partial charge in [0.25, 0.3) is 0 Å². The Hall–Kier alpha value is -1.06. The second-order valence-corrected chi connectivity index (χ2v) is 10.6. The molecule has 2 N–H and O–H groups in total. The monoisotopic (exact) mass is 387 g/mol. The van der Waals surface area contributed by atoms with E-state index in [0.717, 1.165) is 56.9 Å². The molecule has 0 radical (unpaired) electrons. The topological polar surface area (TPSA) is 49.3 Å². The summed E-state index contributed by atoms with van der Waals surface area (Å²) in [6, 6.07) is 10.2. The van der Waals surface area contributed by atoms with Crippen LogP contribution in [0.2, 0.25) is 0 Å². The fourth-order valence-electron chi connectivity index (χ4n) is 7.13. The van der Waals surface area contributed by atoms with Crippen molar-refractivity contribution >= 4 is 17.5 Å². The molecule has 1 unspecified atom stereocenters. The lowest BCUT2D eigenvalue weighted by molar-refractivity contribution is -0.175. The molecule has 5 aliphatic rings. The van der Waals surface area contributed by atoms with E-state index in [1.54, 1.807) is 0 Å². The SMILES string of the molecule is O=C(NC(c1ccccc1)[C@H]1[C@H]2C[C@@H]3C[C@](Cl)(C2)C[C@@]1(O)C3)C1CCCC1. The van der Waals surface area contributed by atoms with E-state index in [1.165, 1.54) is 0 Å². The van der Waals surface area contributed by atoms with Gasteiger partial charge in [-0.05, 0) is 62.3 Å². The number of hydrogen-bond acceptors (Lipinski definition) is 2. The Labute approximate surface area is 166 Å². The van der Waals surface area contributed by atoms with Gasteiger partial charge in [0.15, 0.2) is 0 Å². The number of aliphatic hydroxyl groups is 1. The fourth-order valence-corrected chi connectivity index (χ4v) is 7.78. The highest BCUT2D eigenvalue weighted by Crippen LogP contribution is 2.64. The van der Waals surface area contributed by atoms with Crippen LogP contribution < -0.4 is 5.32 Å². The van der Waals surface area contributed by atoms with Crippen molar-refractivity contribution in [3.63, 3.8) is 0 Å². The molecular weight excluding hydrogens is 358 g/mol. The number of carbonyl (C=O) groups is 1. The highest BCUT2D eigenvalue weighted by molar-refractivity contribution is 6.24. The van der Waals surface area contributed by atoms with E-state index in [4.69, 9.17) is 11.6 Å². The minimum Gasteiger partial charge on any atom is -0.389 e. The van der Waals surface area contributed by atoms with Crippen LogP contribution >= 0.6 is 11.6 Å². The summed E-state index contributed by atoms with van der Waals surface area (Å²) in [7, 11) is 0. The average molecular weight is 388 g/mol. The quantitative estimate of drug-likeness (QED) is 0.742. The molecular formula is C23H30ClNO2. The summed E-state index contributed by atoms with van der Waals surface area (Å²) in [5.74, 6) is 1.32. The summed E-state index contributed by atoms with van der Waals surface area (Å²) in [4.78, 5) is 12.8. The third-order valence-corrected chi connectivity index (χ3v) is 8.30. The third kappa shape index (κ3) is 3.11. The number of carbonyl (C=O) groups excluding carboxylic acids is 1. The number of rotatable bonds is 4. The summed E-state index contributed by atoms with van der Waals surface area (Å²) in [6.07, 6.45) is 8.97. The van der Waals surface area contributed by atoms with Gasteiger partial charge in [-0.1, -0.05) is 43.2 Å². The molecule has 5 aliphatic carbocycles. The number of halogens is 1. The maximum Gasteiger partial charge on any atom is 0.223 e. The molecule has 6 atom stereocenters. The van der Waals surface area contributed by atoms with Crippen LogP contribution in [0.1, 0.15) is 69.4 Å². The number of benzene rings is 1. The Balaban J connectivity index is 1.48. The third-order valence-electron chi connectivity index (χ3n) is 7.85. The van der Waals surface area contributed by atoms with E-state index in [-0.39, 0.29) is 28.7 Å². The molecule has 4 heteroatoms. The first-order valence-electron chi connectivity index (χ1n) is 10.7. The predicted octanol–water partition coefficient (Wildman–Crippen LogP) is 4.58. The van der Waals surface area contributed by atoms with Crippen molar-refractivity contribution < 1.29 is 9.90 Å². The molecule has 4 bridgehead atoms. The number of hydrogen-bond donors (Lipinski definition) is 2. The fraction of sp³-hybridized carbons (Fsp3) is 0.696. The van der Waals surface area contributed by atoms with Crippen molar-refractivity contribution in [2.45, 2.75) is 74.3 Å². The van der Waals surface area contributed by atoms with Crippen molar-refractivity contribution in [1.29, 1.82) is 0 Å². The lowest BCUT2D eigenvalue weighted by Crippen LogP contribution is -2.64. The minimum absolute atomic E-state index is 0.0636. The maximum atomic E-state index is 13.0. The standard InChI is InChI=1S/C23H30ClNO2/c24-22-11-15-10-18(13-22)19(23(27,12-15)14-22)20(16-6-2-1-3-7-16)25-21(26)17-8-4-5-9-17/h1-3,6-7,15,17-20,27H,4-5,8-14H2,(H,25,26)/t15-,18+,19-,20?,22+,23+/m1/s1. The van der Waals surface area contributed by atoms with Gasteiger partial charge in [-0.2, -0.15) is 0 Å². The molecule has 0 aliphatic heterocycles. The molecule has 27 heavy (non-hydrogen) atoms. The van der Waals surface area contributed by atoms with Gasteiger partial charge in [-0.3, -0.25) is 4.79 Å². The molecule has 5 saturated carbocycles. The predicted molar refractivity (Wildman–Crippen MR) is 106 cm³/mol. The molecule has 1 aromatic carbocycles. The van der Waals surface area contributed by atoms with Crippen molar-refractivity contribution in [2.75, 3.05) is 0 Å². The van der Waals surface area contributed by atoms with Crippen LogP contribution in [0.25, 0.3) is 0 Å². The lowest BCUT2D eigenvalue weighted by atomic mass is 9.47.